The summed E-state index contributed by atoms with van der Waals surface area (Å²) in [4.78, 5) is 12.6. The molecule has 0 spiro atoms. The Labute approximate surface area is 120 Å². The third kappa shape index (κ3) is 2.09. The first-order valence-electron chi connectivity index (χ1n) is 7.27. The summed E-state index contributed by atoms with van der Waals surface area (Å²) in [5, 5.41) is 0. The van der Waals surface area contributed by atoms with Crippen LogP contribution in [0.5, 0.6) is 0 Å². The van der Waals surface area contributed by atoms with Crippen LogP contribution in [0.15, 0.2) is 42.5 Å². The van der Waals surface area contributed by atoms with Crippen molar-refractivity contribution in [1.29, 1.82) is 0 Å². The standard InChI is InChI=1S/C18H21NO/c1-18(2,3)14-11-12-19-15(14)9-10-16(19)17(20)13-7-5-4-6-8-13/h4-10,14H,11-12H2,1-3H3. The van der Waals surface area contributed by atoms with Crippen LogP contribution in [0.3, 0.4) is 0 Å². The highest BCUT2D eigenvalue weighted by atomic mass is 16.1. The number of carbonyl (C=O) groups excluding carboxylic acids is 1. The highest BCUT2D eigenvalue weighted by molar-refractivity contribution is 6.08. The average Bonchev–Trinajstić information content (AvgIpc) is 2.98. The van der Waals surface area contributed by atoms with Gasteiger partial charge >= 0.3 is 0 Å². The molecule has 1 aliphatic rings. The molecule has 0 N–H and O–H groups in total. The van der Waals surface area contributed by atoms with Crippen molar-refractivity contribution in [3.63, 3.8) is 0 Å². The third-order valence-corrected chi connectivity index (χ3v) is 4.33. The first-order valence-corrected chi connectivity index (χ1v) is 7.27. The van der Waals surface area contributed by atoms with Gasteiger partial charge in [0, 0.05) is 23.7 Å². The molecule has 2 nitrogen and oxygen atoms in total. The van der Waals surface area contributed by atoms with Gasteiger partial charge < -0.3 is 4.57 Å². The van der Waals surface area contributed by atoms with Crippen LogP contribution in [0.4, 0.5) is 0 Å². The van der Waals surface area contributed by atoms with E-state index in [0.717, 1.165) is 24.2 Å². The van der Waals surface area contributed by atoms with Gasteiger partial charge in [0.15, 0.2) is 0 Å². The normalized spacial score (nSPS) is 18.1. The topological polar surface area (TPSA) is 22.0 Å². The number of hydrogen-bond donors (Lipinski definition) is 0. The van der Waals surface area contributed by atoms with E-state index in [4.69, 9.17) is 0 Å². The number of rotatable bonds is 2. The number of fused-ring (bicyclic) bond motifs is 1. The van der Waals surface area contributed by atoms with Crippen LogP contribution in [-0.2, 0) is 6.54 Å². The van der Waals surface area contributed by atoms with Gasteiger partial charge in [-0.2, -0.15) is 0 Å². The molecule has 0 saturated heterocycles. The lowest BCUT2D eigenvalue weighted by atomic mass is 9.78. The maximum Gasteiger partial charge on any atom is 0.209 e. The summed E-state index contributed by atoms with van der Waals surface area (Å²) in [6, 6.07) is 13.7. The smallest absolute Gasteiger partial charge is 0.209 e. The molecular weight excluding hydrogens is 246 g/mol. The number of benzene rings is 1. The monoisotopic (exact) mass is 267 g/mol. The van der Waals surface area contributed by atoms with Crippen molar-refractivity contribution < 1.29 is 4.79 Å². The van der Waals surface area contributed by atoms with E-state index >= 15 is 0 Å². The van der Waals surface area contributed by atoms with E-state index in [1.165, 1.54) is 5.69 Å². The lowest BCUT2D eigenvalue weighted by molar-refractivity contribution is 0.103. The van der Waals surface area contributed by atoms with Gasteiger partial charge in [0.2, 0.25) is 5.78 Å². The SMILES string of the molecule is CC(C)(C)C1CCn2c(C(=O)c3ccccc3)ccc21. The van der Waals surface area contributed by atoms with Gasteiger partial charge in [0.25, 0.3) is 0 Å². The number of ketones is 1. The zero-order valence-electron chi connectivity index (χ0n) is 12.4. The molecule has 2 heterocycles. The van der Waals surface area contributed by atoms with E-state index < -0.39 is 0 Å². The van der Waals surface area contributed by atoms with Crippen molar-refractivity contribution in [2.75, 3.05) is 0 Å². The van der Waals surface area contributed by atoms with Crippen molar-refractivity contribution in [3.05, 3.63) is 59.4 Å². The molecule has 1 aliphatic heterocycles. The fraction of sp³-hybridized carbons (Fsp3) is 0.389. The minimum atomic E-state index is 0.131. The predicted molar refractivity (Wildman–Crippen MR) is 81.1 cm³/mol. The molecule has 1 unspecified atom stereocenters. The molecule has 1 atom stereocenters. The minimum absolute atomic E-state index is 0.131. The maximum atomic E-state index is 12.6. The second kappa shape index (κ2) is 4.62. The molecule has 0 radical (unpaired) electrons. The van der Waals surface area contributed by atoms with Gasteiger partial charge in [0.05, 0.1) is 5.69 Å². The number of nitrogens with zero attached hydrogens (tertiary/aromatic N) is 1. The van der Waals surface area contributed by atoms with Crippen molar-refractivity contribution >= 4 is 5.78 Å². The molecule has 1 aromatic carbocycles. The van der Waals surface area contributed by atoms with E-state index in [1.807, 2.05) is 36.4 Å². The summed E-state index contributed by atoms with van der Waals surface area (Å²) >= 11 is 0. The Bertz CT molecular complexity index is 631. The zero-order valence-corrected chi connectivity index (χ0v) is 12.4. The van der Waals surface area contributed by atoms with Crippen LogP contribution >= 0.6 is 0 Å². The zero-order chi connectivity index (χ0) is 14.3. The van der Waals surface area contributed by atoms with E-state index in [0.29, 0.717) is 5.92 Å². The van der Waals surface area contributed by atoms with Gasteiger partial charge in [-0.3, -0.25) is 4.79 Å². The van der Waals surface area contributed by atoms with Crippen LogP contribution < -0.4 is 0 Å². The summed E-state index contributed by atoms with van der Waals surface area (Å²) in [6.07, 6.45) is 1.13. The Morgan fingerprint density at radius 3 is 2.45 bits per heavy atom. The molecule has 0 amide bonds. The summed E-state index contributed by atoms with van der Waals surface area (Å²) in [6.45, 7) is 7.79. The van der Waals surface area contributed by atoms with Crippen molar-refractivity contribution in [2.24, 2.45) is 5.41 Å². The fourth-order valence-corrected chi connectivity index (χ4v) is 3.26. The Hall–Kier alpha value is -1.83. The molecular formula is C18H21NO. The van der Waals surface area contributed by atoms with E-state index in [2.05, 4.69) is 31.4 Å². The highest BCUT2D eigenvalue weighted by Gasteiger charge is 2.34. The predicted octanol–water partition coefficient (Wildman–Crippen LogP) is 4.25. The van der Waals surface area contributed by atoms with Crippen LogP contribution in [0.25, 0.3) is 0 Å². The largest absolute Gasteiger partial charge is 0.342 e. The van der Waals surface area contributed by atoms with E-state index in [9.17, 15) is 4.79 Å². The molecule has 20 heavy (non-hydrogen) atoms. The second-order valence-electron chi connectivity index (χ2n) is 6.70. The molecule has 104 valence electrons. The third-order valence-electron chi connectivity index (χ3n) is 4.33. The minimum Gasteiger partial charge on any atom is -0.342 e. The van der Waals surface area contributed by atoms with E-state index in [1.54, 1.807) is 0 Å². The molecule has 0 bridgehead atoms. The Balaban J connectivity index is 1.97. The summed E-state index contributed by atoms with van der Waals surface area (Å²) in [7, 11) is 0. The molecule has 2 heteroatoms. The fourth-order valence-electron chi connectivity index (χ4n) is 3.26. The van der Waals surface area contributed by atoms with Gasteiger partial charge in [-0.1, -0.05) is 51.1 Å². The van der Waals surface area contributed by atoms with Crippen molar-refractivity contribution in [2.45, 2.75) is 39.7 Å². The second-order valence-corrected chi connectivity index (χ2v) is 6.70. The van der Waals surface area contributed by atoms with Gasteiger partial charge in [-0.25, -0.2) is 0 Å². The van der Waals surface area contributed by atoms with Gasteiger partial charge in [0.1, 0.15) is 0 Å². The molecule has 0 saturated carbocycles. The van der Waals surface area contributed by atoms with Crippen molar-refractivity contribution in [3.8, 4) is 0 Å². The lowest BCUT2D eigenvalue weighted by Gasteiger charge is -2.26. The maximum absolute atomic E-state index is 12.6. The average molecular weight is 267 g/mol. The summed E-state index contributed by atoms with van der Waals surface area (Å²) in [5.41, 5.74) is 3.17. The Morgan fingerprint density at radius 2 is 1.80 bits per heavy atom. The quantitative estimate of drug-likeness (QED) is 0.745. The molecule has 0 aliphatic carbocycles. The van der Waals surface area contributed by atoms with E-state index in [-0.39, 0.29) is 11.2 Å². The first-order chi connectivity index (χ1) is 9.48. The number of aromatic nitrogens is 1. The van der Waals surface area contributed by atoms with Crippen LogP contribution in [-0.4, -0.2) is 10.4 Å². The van der Waals surface area contributed by atoms with Crippen LogP contribution in [0.2, 0.25) is 0 Å². The van der Waals surface area contributed by atoms with Gasteiger partial charge in [-0.05, 0) is 24.0 Å². The molecule has 0 fully saturated rings. The Morgan fingerprint density at radius 1 is 1.10 bits per heavy atom. The number of hydrogen-bond acceptors (Lipinski definition) is 1. The van der Waals surface area contributed by atoms with Crippen LogP contribution in [0, 0.1) is 5.41 Å². The highest BCUT2D eigenvalue weighted by Crippen LogP contribution is 2.43. The Kier molecular flexibility index (Phi) is 3.04. The molecule has 3 rings (SSSR count). The van der Waals surface area contributed by atoms with Crippen LogP contribution in [0.1, 0.15) is 54.9 Å². The summed E-state index contributed by atoms with van der Waals surface area (Å²) in [5.74, 6) is 0.672. The van der Waals surface area contributed by atoms with Crippen molar-refractivity contribution in [1.82, 2.24) is 4.57 Å². The van der Waals surface area contributed by atoms with Gasteiger partial charge in [-0.15, -0.1) is 0 Å². The molecule has 2 aromatic rings. The lowest BCUT2D eigenvalue weighted by Crippen LogP contribution is -2.15. The molecule has 1 aromatic heterocycles. The number of carbonyl (C=O) groups is 1. The first kappa shape index (κ1) is 13.2. The summed E-state index contributed by atoms with van der Waals surface area (Å²) < 4.78 is 2.21.